The number of rotatable bonds is 4. The van der Waals surface area contributed by atoms with Crippen molar-refractivity contribution >= 4 is 28.6 Å². The molecule has 0 fully saturated rings. The summed E-state index contributed by atoms with van der Waals surface area (Å²) >= 11 is 1.51. The molecule has 4 heteroatoms. The molecule has 2 rings (SSSR count). The van der Waals surface area contributed by atoms with Crippen molar-refractivity contribution in [1.29, 1.82) is 0 Å². The molecular formula is C13H15NO2S. The summed E-state index contributed by atoms with van der Waals surface area (Å²) in [6, 6.07) is 9.71. The lowest BCUT2D eigenvalue weighted by atomic mass is 10.2. The molecule has 1 atom stereocenters. The molecule has 2 aromatic rings. The standard InChI is InChI=1S/C13H15NO2S/c1-9(14-13(15)8-17-2)12-7-10-5-3-4-6-11(10)16-12/h3-7,9H,8H2,1-2H3,(H,14,15). The smallest absolute Gasteiger partial charge is 0.230 e. The van der Waals surface area contributed by atoms with Gasteiger partial charge in [-0.3, -0.25) is 4.79 Å². The van der Waals surface area contributed by atoms with Crippen LogP contribution in [0.15, 0.2) is 34.7 Å². The number of fused-ring (bicyclic) bond motifs is 1. The van der Waals surface area contributed by atoms with Crippen molar-refractivity contribution in [3.05, 3.63) is 36.1 Å². The number of furan rings is 1. The SMILES string of the molecule is CSCC(=O)NC(C)c1cc2ccccc2o1. The summed E-state index contributed by atoms with van der Waals surface area (Å²) in [5, 5.41) is 3.97. The summed E-state index contributed by atoms with van der Waals surface area (Å²) in [6.07, 6.45) is 1.91. The molecule has 0 aliphatic rings. The molecule has 17 heavy (non-hydrogen) atoms. The van der Waals surface area contributed by atoms with Crippen molar-refractivity contribution in [2.45, 2.75) is 13.0 Å². The van der Waals surface area contributed by atoms with Crippen LogP contribution in [0.3, 0.4) is 0 Å². The van der Waals surface area contributed by atoms with E-state index < -0.39 is 0 Å². The number of hydrogen-bond donors (Lipinski definition) is 1. The minimum Gasteiger partial charge on any atom is -0.459 e. The van der Waals surface area contributed by atoms with Gasteiger partial charge in [0.05, 0.1) is 11.8 Å². The van der Waals surface area contributed by atoms with Gasteiger partial charge >= 0.3 is 0 Å². The van der Waals surface area contributed by atoms with Crippen molar-refractivity contribution in [3.63, 3.8) is 0 Å². The molecule has 0 radical (unpaired) electrons. The van der Waals surface area contributed by atoms with Gasteiger partial charge in [-0.15, -0.1) is 0 Å². The first kappa shape index (κ1) is 12.0. The normalized spacial score (nSPS) is 12.6. The Morgan fingerprint density at radius 3 is 2.94 bits per heavy atom. The topological polar surface area (TPSA) is 42.2 Å². The lowest BCUT2D eigenvalue weighted by molar-refractivity contribution is -0.119. The molecule has 0 saturated heterocycles. The van der Waals surface area contributed by atoms with Crippen LogP contribution in [0.4, 0.5) is 0 Å². The minimum atomic E-state index is -0.0953. The van der Waals surface area contributed by atoms with Crippen LogP contribution in [-0.4, -0.2) is 17.9 Å². The zero-order valence-electron chi connectivity index (χ0n) is 9.90. The van der Waals surface area contributed by atoms with Gasteiger partial charge in [0.25, 0.3) is 0 Å². The summed E-state index contributed by atoms with van der Waals surface area (Å²) in [4.78, 5) is 11.5. The van der Waals surface area contributed by atoms with E-state index in [1.54, 1.807) is 0 Å². The van der Waals surface area contributed by atoms with Crippen LogP contribution >= 0.6 is 11.8 Å². The van der Waals surface area contributed by atoms with E-state index >= 15 is 0 Å². The van der Waals surface area contributed by atoms with E-state index in [0.717, 1.165) is 16.7 Å². The summed E-state index contributed by atoms with van der Waals surface area (Å²) in [5.41, 5.74) is 0.855. The molecule has 0 saturated carbocycles. The lowest BCUT2D eigenvalue weighted by Crippen LogP contribution is -2.27. The summed E-state index contributed by atoms with van der Waals surface area (Å²) < 4.78 is 5.69. The fourth-order valence-corrected chi connectivity index (χ4v) is 2.05. The second-order valence-electron chi connectivity index (χ2n) is 3.91. The lowest BCUT2D eigenvalue weighted by Gasteiger charge is -2.10. The van der Waals surface area contributed by atoms with E-state index in [1.807, 2.05) is 43.5 Å². The molecule has 1 amide bonds. The highest BCUT2D eigenvalue weighted by Gasteiger charge is 2.13. The van der Waals surface area contributed by atoms with E-state index in [2.05, 4.69) is 5.32 Å². The van der Waals surface area contributed by atoms with Crippen molar-refractivity contribution in [2.75, 3.05) is 12.0 Å². The molecular weight excluding hydrogens is 234 g/mol. The summed E-state index contributed by atoms with van der Waals surface area (Å²) in [7, 11) is 0. The fraction of sp³-hybridized carbons (Fsp3) is 0.308. The number of thioether (sulfide) groups is 1. The number of para-hydroxylation sites is 1. The first-order chi connectivity index (χ1) is 8.20. The molecule has 1 N–H and O–H groups in total. The zero-order valence-corrected chi connectivity index (χ0v) is 10.7. The Bertz CT molecular complexity index is 488. The molecule has 0 spiro atoms. The number of benzene rings is 1. The van der Waals surface area contributed by atoms with E-state index in [9.17, 15) is 4.79 Å². The van der Waals surface area contributed by atoms with Gasteiger partial charge < -0.3 is 9.73 Å². The van der Waals surface area contributed by atoms with E-state index in [-0.39, 0.29) is 11.9 Å². The number of hydrogen-bond acceptors (Lipinski definition) is 3. The van der Waals surface area contributed by atoms with Crippen LogP contribution in [0.2, 0.25) is 0 Å². The Labute approximate surface area is 105 Å². The molecule has 0 aliphatic heterocycles. The quantitative estimate of drug-likeness (QED) is 0.905. The monoisotopic (exact) mass is 249 g/mol. The van der Waals surface area contributed by atoms with Gasteiger partial charge in [0.2, 0.25) is 5.91 Å². The van der Waals surface area contributed by atoms with Crippen LogP contribution in [0.25, 0.3) is 11.0 Å². The summed E-state index contributed by atoms with van der Waals surface area (Å²) in [6.45, 7) is 1.93. The molecule has 1 unspecified atom stereocenters. The van der Waals surface area contributed by atoms with E-state index in [1.165, 1.54) is 11.8 Å². The average Bonchev–Trinajstić information content (AvgIpc) is 2.72. The van der Waals surface area contributed by atoms with Gasteiger partial charge in [-0.05, 0) is 25.3 Å². The minimum absolute atomic E-state index is 0.0328. The van der Waals surface area contributed by atoms with Crippen LogP contribution in [0.1, 0.15) is 18.7 Å². The third-order valence-corrected chi connectivity index (χ3v) is 3.08. The van der Waals surface area contributed by atoms with Gasteiger partial charge in [0.15, 0.2) is 0 Å². The Hall–Kier alpha value is -1.42. The Balaban J connectivity index is 2.13. The highest BCUT2D eigenvalue weighted by atomic mass is 32.2. The average molecular weight is 249 g/mol. The zero-order chi connectivity index (χ0) is 12.3. The van der Waals surface area contributed by atoms with Crippen molar-refractivity contribution in [1.82, 2.24) is 5.32 Å². The number of carbonyl (C=O) groups is 1. The molecule has 1 heterocycles. The van der Waals surface area contributed by atoms with Gasteiger partial charge in [-0.25, -0.2) is 0 Å². The second kappa shape index (κ2) is 5.27. The highest BCUT2D eigenvalue weighted by molar-refractivity contribution is 7.99. The van der Waals surface area contributed by atoms with Gasteiger partial charge in [-0.2, -0.15) is 11.8 Å². The highest BCUT2D eigenvalue weighted by Crippen LogP contribution is 2.23. The molecule has 1 aromatic carbocycles. The maximum atomic E-state index is 11.5. The molecule has 3 nitrogen and oxygen atoms in total. The Kier molecular flexibility index (Phi) is 3.74. The van der Waals surface area contributed by atoms with Crippen LogP contribution in [-0.2, 0) is 4.79 Å². The van der Waals surface area contributed by atoms with Gasteiger partial charge in [0, 0.05) is 5.39 Å². The van der Waals surface area contributed by atoms with Gasteiger partial charge in [0.1, 0.15) is 11.3 Å². The second-order valence-corrected chi connectivity index (χ2v) is 4.77. The molecule has 1 aromatic heterocycles. The Morgan fingerprint density at radius 1 is 1.47 bits per heavy atom. The maximum Gasteiger partial charge on any atom is 0.230 e. The number of amides is 1. The summed E-state index contributed by atoms with van der Waals surface area (Å²) in [5.74, 6) is 1.30. The number of nitrogens with one attached hydrogen (secondary N) is 1. The molecule has 90 valence electrons. The van der Waals surface area contributed by atoms with E-state index in [0.29, 0.717) is 5.75 Å². The predicted octanol–water partition coefficient (Wildman–Crippen LogP) is 2.97. The van der Waals surface area contributed by atoms with Crippen molar-refractivity contribution in [3.8, 4) is 0 Å². The third-order valence-electron chi connectivity index (χ3n) is 2.52. The van der Waals surface area contributed by atoms with Crippen LogP contribution in [0.5, 0.6) is 0 Å². The van der Waals surface area contributed by atoms with Crippen LogP contribution < -0.4 is 5.32 Å². The van der Waals surface area contributed by atoms with Crippen molar-refractivity contribution < 1.29 is 9.21 Å². The van der Waals surface area contributed by atoms with E-state index in [4.69, 9.17) is 4.42 Å². The first-order valence-electron chi connectivity index (χ1n) is 5.47. The largest absolute Gasteiger partial charge is 0.459 e. The van der Waals surface area contributed by atoms with Gasteiger partial charge in [-0.1, -0.05) is 18.2 Å². The third kappa shape index (κ3) is 2.82. The first-order valence-corrected chi connectivity index (χ1v) is 6.87. The molecule has 0 bridgehead atoms. The van der Waals surface area contributed by atoms with Crippen LogP contribution in [0, 0.1) is 0 Å². The molecule has 0 aliphatic carbocycles. The fourth-order valence-electron chi connectivity index (χ4n) is 1.70. The maximum absolute atomic E-state index is 11.5. The number of carbonyl (C=O) groups excluding carboxylic acids is 1. The van der Waals surface area contributed by atoms with Crippen molar-refractivity contribution in [2.24, 2.45) is 0 Å². The predicted molar refractivity (Wildman–Crippen MR) is 71.2 cm³/mol. The Morgan fingerprint density at radius 2 is 2.24 bits per heavy atom.